The lowest BCUT2D eigenvalue weighted by Gasteiger charge is -2.15. The van der Waals surface area contributed by atoms with Gasteiger partial charge in [-0.3, -0.25) is 0 Å². The summed E-state index contributed by atoms with van der Waals surface area (Å²) in [6.45, 7) is 1.68. The van der Waals surface area contributed by atoms with E-state index in [-0.39, 0.29) is 12.1 Å². The van der Waals surface area contributed by atoms with E-state index >= 15 is 0 Å². The van der Waals surface area contributed by atoms with Gasteiger partial charge < -0.3 is 15.2 Å². The number of amides is 2. The molecular weight excluding hydrogens is 361 g/mol. The number of anilines is 2. The number of halogens is 3. The van der Waals surface area contributed by atoms with Crippen molar-refractivity contribution < 1.29 is 22.5 Å². The molecule has 140 valence electrons. The molecule has 0 unspecified atom stereocenters. The second kappa shape index (κ2) is 7.48. The molecule has 0 spiro atoms. The van der Waals surface area contributed by atoms with Crippen LogP contribution >= 0.6 is 0 Å². The van der Waals surface area contributed by atoms with Crippen molar-refractivity contribution in [1.29, 1.82) is 0 Å². The largest absolute Gasteiger partial charge is 0.418 e. The van der Waals surface area contributed by atoms with Crippen molar-refractivity contribution in [2.45, 2.75) is 19.5 Å². The maximum Gasteiger partial charge on any atom is 0.418 e. The summed E-state index contributed by atoms with van der Waals surface area (Å²) in [6.07, 6.45) is -4.30. The summed E-state index contributed by atoms with van der Waals surface area (Å²) >= 11 is 0. The van der Waals surface area contributed by atoms with Crippen LogP contribution in [-0.2, 0) is 12.6 Å². The van der Waals surface area contributed by atoms with Crippen LogP contribution in [0.1, 0.15) is 22.8 Å². The fourth-order valence-corrected chi connectivity index (χ4v) is 2.49. The number of carbonyl (C=O) groups is 1. The van der Waals surface area contributed by atoms with Gasteiger partial charge >= 0.3 is 12.2 Å². The third-order valence-electron chi connectivity index (χ3n) is 3.66. The molecule has 27 heavy (non-hydrogen) atoms. The van der Waals surface area contributed by atoms with E-state index in [4.69, 9.17) is 4.52 Å². The Morgan fingerprint density at radius 2 is 1.67 bits per heavy atom. The van der Waals surface area contributed by atoms with Crippen molar-refractivity contribution >= 4 is 17.4 Å². The van der Waals surface area contributed by atoms with Crippen LogP contribution in [0.3, 0.4) is 0 Å². The van der Waals surface area contributed by atoms with E-state index in [0.717, 1.165) is 6.07 Å². The number of alkyl halides is 3. The highest BCUT2D eigenvalue weighted by atomic mass is 19.4. The Morgan fingerprint density at radius 1 is 1.04 bits per heavy atom. The molecular formula is C18H15F3N4O2. The number of benzene rings is 2. The summed E-state index contributed by atoms with van der Waals surface area (Å²) in [7, 11) is 0. The first-order valence-electron chi connectivity index (χ1n) is 7.94. The number of urea groups is 1. The third kappa shape index (κ3) is 4.63. The highest BCUT2D eigenvalue weighted by Gasteiger charge is 2.33. The van der Waals surface area contributed by atoms with E-state index in [0.29, 0.717) is 23.0 Å². The first kappa shape index (κ1) is 18.4. The number of rotatable bonds is 4. The average Bonchev–Trinajstić information content (AvgIpc) is 3.01. The van der Waals surface area contributed by atoms with Gasteiger partial charge in [0.15, 0.2) is 5.82 Å². The minimum atomic E-state index is -4.57. The number of para-hydroxylation sites is 2. The zero-order valence-electron chi connectivity index (χ0n) is 14.2. The van der Waals surface area contributed by atoms with Gasteiger partial charge in [0.1, 0.15) is 0 Å². The molecule has 0 bridgehead atoms. The molecule has 2 aromatic carbocycles. The molecule has 3 aromatic rings. The van der Waals surface area contributed by atoms with Crippen LogP contribution < -0.4 is 10.6 Å². The van der Waals surface area contributed by atoms with Crippen LogP contribution in [0.25, 0.3) is 0 Å². The van der Waals surface area contributed by atoms with Crippen molar-refractivity contribution in [2.75, 3.05) is 10.6 Å². The summed E-state index contributed by atoms with van der Waals surface area (Å²) in [4.78, 5) is 16.3. The predicted octanol–water partition coefficient (Wildman–Crippen LogP) is 4.63. The predicted molar refractivity (Wildman–Crippen MR) is 92.4 cm³/mol. The normalized spacial score (nSPS) is 11.3. The zero-order valence-corrected chi connectivity index (χ0v) is 14.2. The summed E-state index contributed by atoms with van der Waals surface area (Å²) in [5.74, 6) is 0.849. The number of nitrogens with zero attached hydrogens (tertiary/aromatic N) is 2. The van der Waals surface area contributed by atoms with Crippen molar-refractivity contribution in [3.63, 3.8) is 0 Å². The fourth-order valence-electron chi connectivity index (χ4n) is 2.49. The van der Waals surface area contributed by atoms with E-state index < -0.39 is 17.8 Å². The fraction of sp³-hybridized carbons (Fsp3) is 0.167. The third-order valence-corrected chi connectivity index (χ3v) is 3.66. The van der Waals surface area contributed by atoms with Gasteiger partial charge in [0.25, 0.3) is 0 Å². The number of carbonyl (C=O) groups excluding carboxylic acids is 1. The molecule has 1 heterocycles. The molecule has 0 saturated carbocycles. The molecule has 0 aliphatic heterocycles. The molecule has 0 fully saturated rings. The monoisotopic (exact) mass is 376 g/mol. The van der Waals surface area contributed by atoms with Gasteiger partial charge in [-0.2, -0.15) is 18.2 Å². The van der Waals surface area contributed by atoms with E-state index in [9.17, 15) is 18.0 Å². The van der Waals surface area contributed by atoms with Gasteiger partial charge in [-0.1, -0.05) is 35.5 Å². The molecule has 2 amide bonds. The van der Waals surface area contributed by atoms with Gasteiger partial charge in [0.2, 0.25) is 5.89 Å². The van der Waals surface area contributed by atoms with Gasteiger partial charge in [0, 0.05) is 5.69 Å². The molecule has 6 nitrogen and oxygen atoms in total. The molecule has 0 radical (unpaired) electrons. The summed E-state index contributed by atoms with van der Waals surface area (Å²) in [5.41, 5.74) is -0.141. The van der Waals surface area contributed by atoms with Gasteiger partial charge in [0.05, 0.1) is 17.7 Å². The summed E-state index contributed by atoms with van der Waals surface area (Å²) in [6, 6.07) is 10.8. The average molecular weight is 376 g/mol. The van der Waals surface area contributed by atoms with Gasteiger partial charge in [-0.25, -0.2) is 4.79 Å². The number of aromatic nitrogens is 2. The Hall–Kier alpha value is -3.36. The minimum Gasteiger partial charge on any atom is -0.339 e. The first-order chi connectivity index (χ1) is 12.8. The Kier molecular flexibility index (Phi) is 5.11. The molecule has 1 aromatic heterocycles. The topological polar surface area (TPSA) is 80.0 Å². The molecule has 0 saturated heterocycles. The maximum absolute atomic E-state index is 13.0. The smallest absolute Gasteiger partial charge is 0.339 e. The Bertz CT molecular complexity index is 954. The quantitative estimate of drug-likeness (QED) is 0.696. The maximum atomic E-state index is 13.0. The van der Waals surface area contributed by atoms with Gasteiger partial charge in [-0.05, 0) is 30.7 Å². The summed E-state index contributed by atoms with van der Waals surface area (Å²) < 4.78 is 44.2. The van der Waals surface area contributed by atoms with Gasteiger partial charge in [-0.15, -0.1) is 0 Å². The van der Waals surface area contributed by atoms with Crippen LogP contribution in [0.4, 0.5) is 29.3 Å². The Labute approximate surface area is 152 Å². The number of hydrogen-bond donors (Lipinski definition) is 2. The van der Waals surface area contributed by atoms with Crippen LogP contribution in [0.5, 0.6) is 0 Å². The Balaban J connectivity index is 1.76. The number of aryl methyl sites for hydroxylation is 1. The van der Waals surface area contributed by atoms with E-state index in [2.05, 4.69) is 20.8 Å². The lowest BCUT2D eigenvalue weighted by Crippen LogP contribution is -2.22. The van der Waals surface area contributed by atoms with Crippen molar-refractivity contribution in [1.82, 2.24) is 10.1 Å². The van der Waals surface area contributed by atoms with Crippen molar-refractivity contribution in [3.8, 4) is 0 Å². The van der Waals surface area contributed by atoms with Crippen molar-refractivity contribution in [3.05, 3.63) is 71.4 Å². The summed E-state index contributed by atoms with van der Waals surface area (Å²) in [5, 5.41) is 8.50. The second-order valence-electron chi connectivity index (χ2n) is 5.69. The number of nitrogens with one attached hydrogen (secondary N) is 2. The van der Waals surface area contributed by atoms with Crippen LogP contribution in [0.15, 0.2) is 53.1 Å². The molecule has 0 aliphatic rings. The molecule has 9 heteroatoms. The van der Waals surface area contributed by atoms with E-state index in [1.165, 1.54) is 18.2 Å². The highest BCUT2D eigenvalue weighted by Crippen LogP contribution is 2.34. The lowest BCUT2D eigenvalue weighted by atomic mass is 10.1. The standard InChI is InChI=1S/C18H15F3N4O2/c1-11-22-16(27-25-11)10-12-6-2-4-8-14(12)23-17(26)24-15-9-5-3-7-13(15)18(19,20)21/h2-9H,10H2,1H3,(H2,23,24,26). The Morgan fingerprint density at radius 3 is 2.33 bits per heavy atom. The molecule has 0 atom stereocenters. The zero-order chi connectivity index (χ0) is 19.4. The lowest BCUT2D eigenvalue weighted by molar-refractivity contribution is -0.136. The SMILES string of the molecule is Cc1noc(Cc2ccccc2NC(=O)Nc2ccccc2C(F)(F)F)n1. The van der Waals surface area contributed by atoms with E-state index in [1.54, 1.807) is 31.2 Å². The highest BCUT2D eigenvalue weighted by molar-refractivity contribution is 6.00. The minimum absolute atomic E-state index is 0.274. The molecule has 3 rings (SSSR count). The second-order valence-corrected chi connectivity index (χ2v) is 5.69. The first-order valence-corrected chi connectivity index (χ1v) is 7.94. The molecule has 0 aliphatic carbocycles. The van der Waals surface area contributed by atoms with Crippen LogP contribution in [0.2, 0.25) is 0 Å². The number of hydrogen-bond acceptors (Lipinski definition) is 4. The molecule has 2 N–H and O–H groups in total. The van der Waals surface area contributed by atoms with Crippen LogP contribution in [-0.4, -0.2) is 16.2 Å². The van der Waals surface area contributed by atoms with Crippen molar-refractivity contribution in [2.24, 2.45) is 0 Å². The van der Waals surface area contributed by atoms with Crippen LogP contribution in [0, 0.1) is 6.92 Å². The van der Waals surface area contributed by atoms with E-state index in [1.807, 2.05) is 0 Å².